The van der Waals surface area contributed by atoms with E-state index < -0.39 is 10.0 Å². The summed E-state index contributed by atoms with van der Waals surface area (Å²) in [5.41, 5.74) is 0.564. The van der Waals surface area contributed by atoms with E-state index in [4.69, 9.17) is 4.74 Å². The third-order valence-corrected chi connectivity index (χ3v) is 6.24. The third-order valence-electron chi connectivity index (χ3n) is 4.15. The van der Waals surface area contributed by atoms with E-state index in [9.17, 15) is 13.5 Å². The maximum atomic E-state index is 13.0. The fourth-order valence-electron chi connectivity index (χ4n) is 3.00. The van der Waals surface area contributed by atoms with Crippen molar-refractivity contribution < 1.29 is 18.3 Å². The van der Waals surface area contributed by atoms with Crippen molar-refractivity contribution in [3.63, 3.8) is 0 Å². The highest BCUT2D eigenvalue weighted by molar-refractivity contribution is 7.89. The number of hydrogen-bond acceptors (Lipinski definition) is 4. The Morgan fingerprint density at radius 3 is 2.67 bits per heavy atom. The summed E-state index contributed by atoms with van der Waals surface area (Å²) in [5, 5.41) is 9.26. The predicted molar refractivity (Wildman–Crippen MR) is 80.7 cm³/mol. The lowest BCUT2D eigenvalue weighted by Gasteiger charge is -2.27. The Morgan fingerprint density at radius 1 is 1.38 bits per heavy atom. The number of aliphatic hydroxyl groups excluding tert-OH is 1. The van der Waals surface area contributed by atoms with Gasteiger partial charge >= 0.3 is 0 Å². The Kier molecular flexibility index (Phi) is 4.91. The van der Waals surface area contributed by atoms with Crippen molar-refractivity contribution >= 4 is 10.0 Å². The summed E-state index contributed by atoms with van der Waals surface area (Å²) in [5.74, 6) is 0.321. The zero-order valence-corrected chi connectivity index (χ0v) is 13.6. The minimum atomic E-state index is -3.63. The van der Waals surface area contributed by atoms with Crippen LogP contribution in [-0.2, 0) is 16.6 Å². The normalized spacial score (nSPS) is 23.4. The highest BCUT2D eigenvalue weighted by Crippen LogP contribution is 2.36. The van der Waals surface area contributed by atoms with Crippen LogP contribution in [0.4, 0.5) is 0 Å². The van der Waals surface area contributed by atoms with E-state index in [1.807, 2.05) is 13.8 Å². The van der Waals surface area contributed by atoms with Crippen LogP contribution in [0.3, 0.4) is 0 Å². The SMILES string of the molecule is CCC1CCC(C)N1S(=O)(=O)c1cc(CO)ccc1OC. The summed E-state index contributed by atoms with van der Waals surface area (Å²) in [7, 11) is -2.17. The van der Waals surface area contributed by atoms with E-state index in [1.165, 1.54) is 13.2 Å². The van der Waals surface area contributed by atoms with Gasteiger partial charge in [0.1, 0.15) is 10.6 Å². The summed E-state index contributed by atoms with van der Waals surface area (Å²) in [6, 6.07) is 4.80. The highest BCUT2D eigenvalue weighted by Gasteiger charge is 2.40. The number of sulfonamides is 1. The lowest BCUT2D eigenvalue weighted by molar-refractivity contribution is 0.281. The van der Waals surface area contributed by atoms with Crippen molar-refractivity contribution in [2.45, 2.75) is 56.7 Å². The molecule has 0 amide bonds. The first kappa shape index (κ1) is 16.3. The second kappa shape index (κ2) is 6.34. The van der Waals surface area contributed by atoms with Crippen LogP contribution in [0.2, 0.25) is 0 Å². The number of rotatable bonds is 5. The second-order valence-electron chi connectivity index (χ2n) is 5.47. The van der Waals surface area contributed by atoms with Gasteiger partial charge in [0.05, 0.1) is 13.7 Å². The smallest absolute Gasteiger partial charge is 0.247 e. The Bertz CT molecular complexity index is 600. The van der Waals surface area contributed by atoms with E-state index in [-0.39, 0.29) is 23.6 Å². The van der Waals surface area contributed by atoms with Gasteiger partial charge in [0.15, 0.2) is 0 Å². The summed E-state index contributed by atoms with van der Waals surface area (Å²) in [6.45, 7) is 3.75. The standard InChI is InChI=1S/C15H23NO4S/c1-4-13-7-5-11(2)16(13)21(18,19)15-9-12(10-17)6-8-14(15)20-3/h6,8-9,11,13,17H,4-5,7,10H2,1-3H3. The molecular formula is C15H23NO4S. The van der Waals surface area contributed by atoms with Gasteiger partial charge < -0.3 is 9.84 Å². The van der Waals surface area contributed by atoms with Crippen LogP contribution in [0, 0.1) is 0 Å². The van der Waals surface area contributed by atoms with Crippen LogP contribution < -0.4 is 4.74 Å². The molecule has 0 spiro atoms. The van der Waals surface area contributed by atoms with Gasteiger partial charge in [-0.05, 0) is 43.9 Å². The molecule has 2 unspecified atom stereocenters. The van der Waals surface area contributed by atoms with Gasteiger partial charge in [-0.1, -0.05) is 13.0 Å². The molecule has 1 aliphatic heterocycles. The molecule has 21 heavy (non-hydrogen) atoms. The first-order valence-electron chi connectivity index (χ1n) is 7.27. The lowest BCUT2D eigenvalue weighted by Crippen LogP contribution is -2.39. The first-order valence-corrected chi connectivity index (χ1v) is 8.71. The predicted octanol–water partition coefficient (Wildman–Crippen LogP) is 2.14. The molecule has 1 fully saturated rings. The largest absolute Gasteiger partial charge is 0.495 e. The fourth-order valence-corrected chi connectivity index (χ4v) is 5.16. The Morgan fingerprint density at radius 2 is 2.10 bits per heavy atom. The topological polar surface area (TPSA) is 66.8 Å². The van der Waals surface area contributed by atoms with Gasteiger partial charge in [-0.2, -0.15) is 4.31 Å². The molecule has 118 valence electrons. The van der Waals surface area contributed by atoms with Crippen LogP contribution in [0.5, 0.6) is 5.75 Å². The molecule has 1 saturated heterocycles. The molecule has 0 radical (unpaired) electrons. The van der Waals surface area contributed by atoms with E-state index in [2.05, 4.69) is 0 Å². The van der Waals surface area contributed by atoms with Gasteiger partial charge in [-0.15, -0.1) is 0 Å². The van der Waals surface area contributed by atoms with Crippen LogP contribution in [0.25, 0.3) is 0 Å². The first-order chi connectivity index (χ1) is 9.95. The van der Waals surface area contributed by atoms with Gasteiger partial charge in [0.2, 0.25) is 10.0 Å². The Labute approximate surface area is 126 Å². The molecule has 0 aliphatic carbocycles. The van der Waals surface area contributed by atoms with Crippen LogP contribution in [-0.4, -0.2) is 37.0 Å². The average Bonchev–Trinajstić information content (AvgIpc) is 2.88. The molecule has 1 N–H and O–H groups in total. The number of nitrogens with zero attached hydrogens (tertiary/aromatic N) is 1. The van der Waals surface area contributed by atoms with Crippen LogP contribution >= 0.6 is 0 Å². The van der Waals surface area contributed by atoms with Gasteiger partial charge in [0.25, 0.3) is 0 Å². The van der Waals surface area contributed by atoms with Crippen molar-refractivity contribution in [1.29, 1.82) is 0 Å². The van der Waals surface area contributed by atoms with E-state index in [0.29, 0.717) is 11.3 Å². The molecule has 1 aromatic carbocycles. The molecular weight excluding hydrogens is 290 g/mol. The van der Waals surface area contributed by atoms with E-state index >= 15 is 0 Å². The number of benzene rings is 1. The average molecular weight is 313 g/mol. The second-order valence-corrected chi connectivity index (χ2v) is 7.28. The fraction of sp³-hybridized carbons (Fsp3) is 0.600. The summed E-state index contributed by atoms with van der Waals surface area (Å²) >= 11 is 0. The summed E-state index contributed by atoms with van der Waals surface area (Å²) in [6.07, 6.45) is 2.56. The van der Waals surface area contributed by atoms with Gasteiger partial charge in [-0.3, -0.25) is 0 Å². The summed E-state index contributed by atoms with van der Waals surface area (Å²) in [4.78, 5) is 0.142. The Hall–Kier alpha value is -1.11. The number of ether oxygens (including phenoxy) is 1. The van der Waals surface area contributed by atoms with Gasteiger partial charge in [-0.25, -0.2) is 8.42 Å². The zero-order chi connectivity index (χ0) is 15.6. The molecule has 1 heterocycles. The molecule has 2 atom stereocenters. The minimum Gasteiger partial charge on any atom is -0.495 e. The quantitative estimate of drug-likeness (QED) is 0.904. The maximum Gasteiger partial charge on any atom is 0.247 e. The van der Waals surface area contributed by atoms with Crippen LogP contribution in [0.1, 0.15) is 38.7 Å². The van der Waals surface area contributed by atoms with Crippen molar-refractivity contribution in [3.8, 4) is 5.75 Å². The van der Waals surface area contributed by atoms with Crippen molar-refractivity contribution in [3.05, 3.63) is 23.8 Å². The molecule has 6 heteroatoms. The van der Waals surface area contributed by atoms with E-state index in [0.717, 1.165) is 19.3 Å². The Balaban J connectivity index is 2.52. The van der Waals surface area contributed by atoms with Crippen molar-refractivity contribution in [1.82, 2.24) is 4.31 Å². The lowest BCUT2D eigenvalue weighted by atomic mass is 10.2. The van der Waals surface area contributed by atoms with Crippen molar-refractivity contribution in [2.75, 3.05) is 7.11 Å². The number of hydrogen-bond donors (Lipinski definition) is 1. The maximum absolute atomic E-state index is 13.0. The number of methoxy groups -OCH3 is 1. The van der Waals surface area contributed by atoms with Crippen molar-refractivity contribution in [2.24, 2.45) is 0 Å². The van der Waals surface area contributed by atoms with Crippen LogP contribution in [0.15, 0.2) is 23.1 Å². The highest BCUT2D eigenvalue weighted by atomic mass is 32.2. The zero-order valence-electron chi connectivity index (χ0n) is 12.7. The van der Waals surface area contributed by atoms with E-state index in [1.54, 1.807) is 16.4 Å². The molecule has 5 nitrogen and oxygen atoms in total. The molecule has 0 saturated carbocycles. The summed E-state index contributed by atoms with van der Waals surface area (Å²) < 4.78 is 32.9. The molecule has 1 aliphatic rings. The molecule has 2 rings (SSSR count). The van der Waals surface area contributed by atoms with Gasteiger partial charge in [0, 0.05) is 12.1 Å². The third kappa shape index (κ3) is 2.93. The minimum absolute atomic E-state index is 0.0116. The number of aliphatic hydroxyl groups is 1. The molecule has 0 aromatic heterocycles. The molecule has 1 aromatic rings. The molecule has 0 bridgehead atoms. The monoisotopic (exact) mass is 313 g/mol.